The van der Waals surface area contributed by atoms with Crippen molar-refractivity contribution in [2.75, 3.05) is 5.73 Å². The highest BCUT2D eigenvalue weighted by molar-refractivity contribution is 6.31. The van der Waals surface area contributed by atoms with Crippen LogP contribution in [0.2, 0.25) is 5.15 Å². The predicted molar refractivity (Wildman–Crippen MR) is 60.1 cm³/mol. The van der Waals surface area contributed by atoms with Crippen LogP contribution in [0.15, 0.2) is 29.8 Å². The molecule has 2 aromatic rings. The van der Waals surface area contributed by atoms with E-state index < -0.39 is 0 Å². The standard InChI is InChI=1S/C9H10ClN5O/c10-8-7(11)9(16)15(6-13-8)4-3-14-2-1-12-5-14/h1-2,5-6H,3-4,11H2. The smallest absolute Gasteiger partial charge is 0.278 e. The summed E-state index contributed by atoms with van der Waals surface area (Å²) in [5.74, 6) is 0. The van der Waals surface area contributed by atoms with Crippen molar-refractivity contribution in [3.05, 3.63) is 40.6 Å². The summed E-state index contributed by atoms with van der Waals surface area (Å²) in [5.41, 5.74) is 5.15. The molecule has 0 bridgehead atoms. The van der Waals surface area contributed by atoms with Crippen molar-refractivity contribution in [2.24, 2.45) is 0 Å². The maximum Gasteiger partial charge on any atom is 0.278 e. The van der Waals surface area contributed by atoms with Gasteiger partial charge in [-0.15, -0.1) is 0 Å². The Labute approximate surface area is 96.3 Å². The number of rotatable bonds is 3. The number of halogens is 1. The Morgan fingerprint density at radius 1 is 1.38 bits per heavy atom. The van der Waals surface area contributed by atoms with Crippen LogP contribution in [0, 0.1) is 0 Å². The Balaban J connectivity index is 2.17. The Bertz CT molecular complexity index is 533. The second-order valence-corrected chi connectivity index (χ2v) is 3.61. The lowest BCUT2D eigenvalue weighted by Crippen LogP contribution is -2.25. The van der Waals surface area contributed by atoms with Crippen LogP contribution in [-0.4, -0.2) is 19.1 Å². The zero-order valence-corrected chi connectivity index (χ0v) is 9.13. The van der Waals surface area contributed by atoms with Gasteiger partial charge in [0, 0.05) is 25.5 Å². The average molecular weight is 240 g/mol. The number of aryl methyl sites for hydroxylation is 2. The van der Waals surface area contributed by atoms with E-state index >= 15 is 0 Å². The number of anilines is 1. The summed E-state index contributed by atoms with van der Waals surface area (Å²) in [4.78, 5) is 19.4. The van der Waals surface area contributed by atoms with Gasteiger partial charge in [0.2, 0.25) is 0 Å². The maximum absolute atomic E-state index is 11.6. The van der Waals surface area contributed by atoms with Crippen LogP contribution in [0.4, 0.5) is 5.69 Å². The molecule has 0 radical (unpaired) electrons. The Hall–Kier alpha value is -1.82. The number of hydrogen-bond donors (Lipinski definition) is 1. The quantitative estimate of drug-likeness (QED) is 0.786. The van der Waals surface area contributed by atoms with Crippen molar-refractivity contribution in [1.29, 1.82) is 0 Å². The lowest BCUT2D eigenvalue weighted by atomic mass is 10.5. The van der Waals surface area contributed by atoms with Crippen LogP contribution >= 0.6 is 11.6 Å². The number of hydrogen-bond acceptors (Lipinski definition) is 4. The molecule has 0 saturated heterocycles. The van der Waals surface area contributed by atoms with Gasteiger partial charge in [-0.05, 0) is 0 Å². The van der Waals surface area contributed by atoms with Gasteiger partial charge in [-0.3, -0.25) is 9.36 Å². The van der Waals surface area contributed by atoms with Crippen molar-refractivity contribution in [2.45, 2.75) is 13.1 Å². The zero-order valence-electron chi connectivity index (χ0n) is 8.38. The molecule has 7 heteroatoms. The van der Waals surface area contributed by atoms with Crippen molar-refractivity contribution in [1.82, 2.24) is 19.1 Å². The molecular weight excluding hydrogens is 230 g/mol. The molecule has 0 aromatic carbocycles. The molecule has 6 nitrogen and oxygen atoms in total. The van der Waals surface area contributed by atoms with E-state index in [1.807, 2.05) is 10.8 Å². The van der Waals surface area contributed by atoms with Gasteiger partial charge in [-0.2, -0.15) is 0 Å². The molecule has 0 aliphatic heterocycles. The van der Waals surface area contributed by atoms with Gasteiger partial charge >= 0.3 is 0 Å². The van der Waals surface area contributed by atoms with E-state index in [0.29, 0.717) is 13.1 Å². The Kier molecular flexibility index (Phi) is 2.91. The third-order valence-corrected chi connectivity index (χ3v) is 2.48. The molecule has 16 heavy (non-hydrogen) atoms. The van der Waals surface area contributed by atoms with Crippen molar-refractivity contribution >= 4 is 17.3 Å². The number of nitrogen functional groups attached to an aromatic ring is 1. The minimum absolute atomic E-state index is 0.0187. The minimum atomic E-state index is -0.319. The predicted octanol–water partition coefficient (Wildman–Crippen LogP) is 0.376. The highest BCUT2D eigenvalue weighted by Gasteiger charge is 2.05. The topological polar surface area (TPSA) is 78.7 Å². The second-order valence-electron chi connectivity index (χ2n) is 3.25. The van der Waals surface area contributed by atoms with Crippen LogP contribution in [0.1, 0.15) is 0 Å². The first kappa shape index (κ1) is 10.7. The first-order valence-corrected chi connectivity index (χ1v) is 5.02. The summed E-state index contributed by atoms with van der Waals surface area (Å²) in [6.45, 7) is 1.10. The molecule has 0 amide bonds. The van der Waals surface area contributed by atoms with Crippen molar-refractivity contribution in [3.63, 3.8) is 0 Å². The molecule has 0 atom stereocenters. The molecule has 2 rings (SSSR count). The summed E-state index contributed by atoms with van der Waals surface area (Å²) < 4.78 is 3.28. The first-order chi connectivity index (χ1) is 7.68. The van der Waals surface area contributed by atoms with Gasteiger partial charge in [0.1, 0.15) is 5.69 Å². The molecule has 0 saturated carbocycles. The van der Waals surface area contributed by atoms with Crippen LogP contribution in [0.5, 0.6) is 0 Å². The SMILES string of the molecule is Nc1c(Cl)ncn(CCn2ccnc2)c1=O. The lowest BCUT2D eigenvalue weighted by molar-refractivity contribution is 0.559. The number of nitrogens with two attached hydrogens (primary N) is 1. The monoisotopic (exact) mass is 239 g/mol. The van der Waals surface area contributed by atoms with E-state index in [0.717, 1.165) is 0 Å². The van der Waals surface area contributed by atoms with E-state index in [1.165, 1.54) is 10.9 Å². The molecule has 0 aliphatic carbocycles. The molecule has 0 spiro atoms. The number of imidazole rings is 1. The van der Waals surface area contributed by atoms with Crippen LogP contribution in [-0.2, 0) is 13.1 Å². The fraction of sp³-hybridized carbons (Fsp3) is 0.222. The van der Waals surface area contributed by atoms with Gasteiger partial charge in [0.05, 0.1) is 12.7 Å². The molecule has 2 aromatic heterocycles. The van der Waals surface area contributed by atoms with E-state index in [-0.39, 0.29) is 16.4 Å². The van der Waals surface area contributed by atoms with Crippen molar-refractivity contribution < 1.29 is 0 Å². The van der Waals surface area contributed by atoms with E-state index in [2.05, 4.69) is 9.97 Å². The molecule has 84 valence electrons. The first-order valence-electron chi connectivity index (χ1n) is 4.64. The minimum Gasteiger partial charge on any atom is -0.392 e. The fourth-order valence-corrected chi connectivity index (χ4v) is 1.41. The van der Waals surface area contributed by atoms with Gasteiger partial charge in [-0.1, -0.05) is 11.6 Å². The van der Waals surface area contributed by atoms with Crippen LogP contribution < -0.4 is 11.3 Å². The zero-order chi connectivity index (χ0) is 11.5. The summed E-state index contributed by atoms with van der Waals surface area (Å²) in [6, 6.07) is 0. The summed E-state index contributed by atoms with van der Waals surface area (Å²) >= 11 is 5.62. The molecule has 2 heterocycles. The van der Waals surface area contributed by atoms with E-state index in [4.69, 9.17) is 17.3 Å². The summed E-state index contributed by atoms with van der Waals surface area (Å²) in [7, 11) is 0. The average Bonchev–Trinajstić information content (AvgIpc) is 2.78. The van der Waals surface area contributed by atoms with Crippen LogP contribution in [0.25, 0.3) is 0 Å². The fourth-order valence-electron chi connectivity index (χ4n) is 1.29. The largest absolute Gasteiger partial charge is 0.392 e. The van der Waals surface area contributed by atoms with E-state index in [9.17, 15) is 4.79 Å². The highest BCUT2D eigenvalue weighted by atomic mass is 35.5. The third-order valence-electron chi connectivity index (χ3n) is 2.18. The van der Waals surface area contributed by atoms with Crippen molar-refractivity contribution in [3.8, 4) is 0 Å². The van der Waals surface area contributed by atoms with Gasteiger partial charge in [0.15, 0.2) is 5.15 Å². The maximum atomic E-state index is 11.6. The van der Waals surface area contributed by atoms with E-state index in [1.54, 1.807) is 12.5 Å². The summed E-state index contributed by atoms with van der Waals surface area (Å²) in [6.07, 6.45) is 6.56. The molecular formula is C9H10ClN5O. The highest BCUT2D eigenvalue weighted by Crippen LogP contribution is 2.07. The number of nitrogens with zero attached hydrogens (tertiary/aromatic N) is 4. The molecule has 0 aliphatic rings. The van der Waals surface area contributed by atoms with Gasteiger partial charge < -0.3 is 10.3 Å². The second kappa shape index (κ2) is 4.36. The summed E-state index contributed by atoms with van der Waals surface area (Å²) in [5, 5.41) is 0.0453. The Morgan fingerprint density at radius 2 is 2.19 bits per heavy atom. The number of aromatic nitrogens is 4. The molecule has 0 unspecified atom stereocenters. The third kappa shape index (κ3) is 2.06. The molecule has 0 fully saturated rings. The lowest BCUT2D eigenvalue weighted by Gasteiger charge is -2.06. The normalized spacial score (nSPS) is 10.6. The van der Waals surface area contributed by atoms with Gasteiger partial charge in [0.25, 0.3) is 5.56 Å². The van der Waals surface area contributed by atoms with Gasteiger partial charge in [-0.25, -0.2) is 9.97 Å². The Morgan fingerprint density at radius 3 is 2.88 bits per heavy atom. The molecule has 2 N–H and O–H groups in total. The van der Waals surface area contributed by atoms with Crippen LogP contribution in [0.3, 0.4) is 0 Å².